The molecule has 0 spiro atoms. The molecule has 2 heterocycles. The summed E-state index contributed by atoms with van der Waals surface area (Å²) in [5.74, 6) is -0.452. The minimum absolute atomic E-state index is 0.00244. The zero-order valence-electron chi connectivity index (χ0n) is 20.0. The molecule has 11 heteroatoms. The smallest absolute Gasteiger partial charge is 0.393 e. The molecule has 2 aliphatic heterocycles. The van der Waals surface area contributed by atoms with E-state index in [0.717, 1.165) is 23.2 Å². The van der Waals surface area contributed by atoms with Crippen molar-refractivity contribution in [3.05, 3.63) is 82.2 Å². The largest absolute Gasteiger partial charge is 0.416 e. The Morgan fingerprint density at radius 1 is 1.24 bits per heavy atom. The fourth-order valence-corrected chi connectivity index (χ4v) is 4.67. The summed E-state index contributed by atoms with van der Waals surface area (Å²) in [6.45, 7) is 0.211. The van der Waals surface area contributed by atoms with Crippen LogP contribution < -0.4 is 15.5 Å². The van der Waals surface area contributed by atoms with Crippen LogP contribution in [0, 0.1) is 16.7 Å². The van der Waals surface area contributed by atoms with Crippen LogP contribution in [-0.4, -0.2) is 43.7 Å². The Hall–Kier alpha value is -4.59. The molecule has 0 aliphatic carbocycles. The highest BCUT2D eigenvalue weighted by molar-refractivity contribution is 6.10. The quantitative estimate of drug-likeness (QED) is 0.526. The number of carbonyl (C=O) groups is 2. The van der Waals surface area contributed by atoms with Crippen molar-refractivity contribution < 1.29 is 22.8 Å². The van der Waals surface area contributed by atoms with Gasteiger partial charge in [0.05, 0.1) is 34.5 Å². The van der Waals surface area contributed by atoms with Crippen molar-refractivity contribution in [3.63, 3.8) is 0 Å². The Morgan fingerprint density at radius 2 is 2.00 bits per heavy atom. The number of nitrogens with zero attached hydrogens (tertiary/aromatic N) is 3. The lowest BCUT2D eigenvalue weighted by Gasteiger charge is -2.44. The van der Waals surface area contributed by atoms with E-state index < -0.39 is 29.7 Å². The van der Waals surface area contributed by atoms with Crippen LogP contribution in [0.3, 0.4) is 0 Å². The highest BCUT2D eigenvalue weighted by Gasteiger charge is 2.44. The average Bonchev–Trinajstić information content (AvgIpc) is 2.88. The van der Waals surface area contributed by atoms with Crippen LogP contribution in [0.2, 0.25) is 0 Å². The van der Waals surface area contributed by atoms with Gasteiger partial charge in [-0.25, -0.2) is 4.79 Å². The number of anilines is 1. The number of nitriles is 1. The van der Waals surface area contributed by atoms with E-state index in [4.69, 9.17) is 5.41 Å². The lowest BCUT2D eigenvalue weighted by Crippen LogP contribution is -2.53. The van der Waals surface area contributed by atoms with Gasteiger partial charge in [-0.2, -0.15) is 18.4 Å². The molecule has 190 valence electrons. The molecule has 2 aromatic rings. The Bertz CT molecular complexity index is 1390. The Balaban J connectivity index is 1.97. The molecule has 4 rings (SSSR count). The third-order valence-corrected chi connectivity index (χ3v) is 6.30. The molecule has 3 N–H and O–H groups in total. The Morgan fingerprint density at radius 3 is 2.65 bits per heavy atom. The fraction of sp³-hybridized carbons (Fsp3) is 0.231. The number of hydrogen-bond acceptors (Lipinski definition) is 5. The lowest BCUT2D eigenvalue weighted by atomic mass is 9.85. The lowest BCUT2D eigenvalue weighted by molar-refractivity contribution is -0.137. The first kappa shape index (κ1) is 25.5. The van der Waals surface area contributed by atoms with Gasteiger partial charge in [-0.15, -0.1) is 0 Å². The SMILES string of the molecule is CN/C=C(\C=N)c1cc(C#N)ccc1[C@H]1C2=C(CCNC2=O)N(c2cccc(C(F)(F)F)c2)C(=O)N1C. The maximum Gasteiger partial charge on any atom is 0.416 e. The summed E-state index contributed by atoms with van der Waals surface area (Å²) in [5.41, 5.74) is 1.30. The van der Waals surface area contributed by atoms with Crippen molar-refractivity contribution in [2.75, 3.05) is 25.5 Å². The van der Waals surface area contributed by atoms with Gasteiger partial charge >= 0.3 is 12.2 Å². The van der Waals surface area contributed by atoms with Gasteiger partial charge in [-0.1, -0.05) is 12.1 Å². The molecule has 0 bridgehead atoms. The number of nitrogens with one attached hydrogen (secondary N) is 3. The predicted octanol–water partition coefficient (Wildman–Crippen LogP) is 4.17. The van der Waals surface area contributed by atoms with Crippen LogP contribution in [0.25, 0.3) is 5.57 Å². The molecular weight excluding hydrogens is 485 g/mol. The Labute approximate surface area is 211 Å². The van der Waals surface area contributed by atoms with E-state index in [2.05, 4.69) is 16.7 Å². The molecular formula is C26H23F3N6O2. The second kappa shape index (κ2) is 9.81. The zero-order valence-corrected chi connectivity index (χ0v) is 20.0. The molecule has 2 aliphatic rings. The van der Waals surface area contributed by atoms with Gasteiger partial charge in [0.25, 0.3) is 5.91 Å². The summed E-state index contributed by atoms with van der Waals surface area (Å²) in [6, 6.07) is 9.71. The van der Waals surface area contributed by atoms with E-state index in [9.17, 15) is 28.0 Å². The maximum atomic E-state index is 13.7. The molecule has 2 aromatic carbocycles. The number of likely N-dealkylation sites (N-methyl/N-ethyl adjacent to an activating group) is 1. The van der Waals surface area contributed by atoms with E-state index >= 15 is 0 Å². The van der Waals surface area contributed by atoms with Gasteiger partial charge in [-0.3, -0.25) is 9.69 Å². The summed E-state index contributed by atoms with van der Waals surface area (Å²) in [6.07, 6.45) is -1.73. The van der Waals surface area contributed by atoms with Crippen LogP contribution in [0.1, 0.15) is 34.7 Å². The van der Waals surface area contributed by atoms with Crippen molar-refractivity contribution in [1.82, 2.24) is 15.5 Å². The van der Waals surface area contributed by atoms with Gasteiger partial charge in [0.2, 0.25) is 0 Å². The summed E-state index contributed by atoms with van der Waals surface area (Å²) >= 11 is 0. The van der Waals surface area contributed by atoms with Gasteiger partial charge in [0, 0.05) is 50.7 Å². The molecule has 0 saturated carbocycles. The number of halogens is 3. The third-order valence-electron chi connectivity index (χ3n) is 6.30. The van der Waals surface area contributed by atoms with Crippen LogP contribution in [-0.2, 0) is 11.0 Å². The number of hydrogen-bond donors (Lipinski definition) is 3. The summed E-state index contributed by atoms with van der Waals surface area (Å²) in [7, 11) is 3.11. The number of benzene rings is 2. The first-order chi connectivity index (χ1) is 17.6. The molecule has 3 amide bonds. The van der Waals surface area contributed by atoms with E-state index in [0.29, 0.717) is 28.0 Å². The van der Waals surface area contributed by atoms with E-state index in [-0.39, 0.29) is 24.2 Å². The molecule has 0 unspecified atom stereocenters. The van der Waals surface area contributed by atoms with Crippen molar-refractivity contribution in [2.45, 2.75) is 18.6 Å². The molecule has 37 heavy (non-hydrogen) atoms. The highest BCUT2D eigenvalue weighted by atomic mass is 19.4. The normalized spacial score (nSPS) is 18.3. The van der Waals surface area contributed by atoms with Crippen LogP contribution in [0.15, 0.2) is 59.9 Å². The molecule has 0 radical (unpaired) electrons. The molecule has 8 nitrogen and oxygen atoms in total. The minimum Gasteiger partial charge on any atom is -0.393 e. The first-order valence-corrected chi connectivity index (χ1v) is 11.3. The summed E-state index contributed by atoms with van der Waals surface area (Å²) in [4.78, 5) is 29.4. The zero-order chi connectivity index (χ0) is 26.9. The predicted molar refractivity (Wildman–Crippen MR) is 131 cm³/mol. The second-order valence-corrected chi connectivity index (χ2v) is 8.49. The first-order valence-electron chi connectivity index (χ1n) is 11.3. The van der Waals surface area contributed by atoms with Gasteiger partial charge in [0.1, 0.15) is 0 Å². The van der Waals surface area contributed by atoms with Crippen molar-refractivity contribution in [3.8, 4) is 6.07 Å². The molecule has 0 fully saturated rings. The number of amides is 3. The molecule has 1 atom stereocenters. The number of alkyl halides is 3. The number of carbonyl (C=O) groups excluding carboxylic acids is 2. The van der Waals surface area contributed by atoms with Gasteiger partial charge in [-0.05, 0) is 41.5 Å². The van der Waals surface area contributed by atoms with E-state index in [1.165, 1.54) is 24.1 Å². The molecule has 0 aromatic heterocycles. The van der Waals surface area contributed by atoms with Crippen molar-refractivity contribution in [1.29, 1.82) is 10.7 Å². The Kier molecular flexibility index (Phi) is 6.76. The van der Waals surface area contributed by atoms with E-state index in [1.54, 1.807) is 31.4 Å². The topological polar surface area (TPSA) is 112 Å². The van der Waals surface area contributed by atoms with Crippen molar-refractivity contribution in [2.24, 2.45) is 0 Å². The third kappa shape index (κ3) is 4.53. The average molecular weight is 509 g/mol. The monoisotopic (exact) mass is 508 g/mol. The van der Waals surface area contributed by atoms with Gasteiger partial charge < -0.3 is 20.9 Å². The number of rotatable bonds is 5. The summed E-state index contributed by atoms with van der Waals surface area (Å²) < 4.78 is 40.3. The van der Waals surface area contributed by atoms with Crippen molar-refractivity contribution >= 4 is 29.4 Å². The molecule has 0 saturated heterocycles. The number of allylic oxidation sites excluding steroid dienone is 1. The number of urea groups is 1. The van der Waals surface area contributed by atoms with Crippen LogP contribution >= 0.6 is 0 Å². The second-order valence-electron chi connectivity index (χ2n) is 8.49. The minimum atomic E-state index is -4.61. The fourth-order valence-electron chi connectivity index (χ4n) is 4.67. The highest BCUT2D eigenvalue weighted by Crippen LogP contribution is 2.43. The standard InChI is InChI=1S/C26H23F3N6O2/c1-32-14-16(13-31)20-10-15(12-30)6-7-19(20)23-22-21(8-9-33-24(22)36)35(25(37)34(23)2)18-5-3-4-17(11-18)26(27,28)29/h3-7,10-11,13-14,23,31-32H,8-9H2,1-2H3,(H,33,36)/b16-14+,31-13?/t23-/m0/s1. The van der Waals surface area contributed by atoms with Gasteiger partial charge in [0.15, 0.2) is 0 Å². The maximum absolute atomic E-state index is 13.7. The van der Waals surface area contributed by atoms with E-state index in [1.807, 2.05) is 0 Å². The van der Waals surface area contributed by atoms with Crippen LogP contribution in [0.5, 0.6) is 0 Å². The summed E-state index contributed by atoms with van der Waals surface area (Å²) in [5, 5.41) is 22.9. The van der Waals surface area contributed by atoms with Crippen LogP contribution in [0.4, 0.5) is 23.7 Å².